The lowest BCUT2D eigenvalue weighted by Gasteiger charge is -2.37. The van der Waals surface area contributed by atoms with Crippen LogP contribution in [-0.2, 0) is 0 Å². The van der Waals surface area contributed by atoms with Crippen LogP contribution in [0.2, 0.25) is 0 Å². The molecule has 0 aromatic heterocycles. The van der Waals surface area contributed by atoms with Gasteiger partial charge < -0.3 is 19.6 Å². The fourth-order valence-corrected chi connectivity index (χ4v) is 3.97. The number of hydrogen-bond acceptors (Lipinski definition) is 4. The molecule has 3 rings (SSSR count). The van der Waals surface area contributed by atoms with Gasteiger partial charge >= 0.3 is 0 Å². The Morgan fingerprint density at radius 2 is 1.83 bits per heavy atom. The Labute approximate surface area is 146 Å². The summed E-state index contributed by atoms with van der Waals surface area (Å²) in [6, 6.07) is 6.97. The summed E-state index contributed by atoms with van der Waals surface area (Å²) in [4.78, 5) is 5.06. The molecule has 0 amide bonds. The molecule has 4 heteroatoms. The number of nitrogens with zero attached hydrogens (tertiary/aromatic N) is 2. The van der Waals surface area contributed by atoms with E-state index in [0.29, 0.717) is 6.61 Å². The molecule has 0 bridgehead atoms. The lowest BCUT2D eigenvalue weighted by Crippen LogP contribution is -2.46. The lowest BCUT2D eigenvalue weighted by molar-refractivity contribution is 0.0474. The molecule has 24 heavy (non-hydrogen) atoms. The van der Waals surface area contributed by atoms with E-state index in [2.05, 4.69) is 28.9 Å². The summed E-state index contributed by atoms with van der Waals surface area (Å²) < 4.78 is 5.84. The Hall–Kier alpha value is -1.10. The van der Waals surface area contributed by atoms with E-state index < -0.39 is 6.10 Å². The summed E-state index contributed by atoms with van der Waals surface area (Å²) in [6.45, 7) is 9.98. The maximum absolute atomic E-state index is 10.3. The second-order valence-corrected chi connectivity index (χ2v) is 7.51. The fraction of sp³-hybridized carbons (Fsp3) is 0.700. The smallest absolute Gasteiger partial charge is 0.122 e. The minimum atomic E-state index is -0.423. The van der Waals surface area contributed by atoms with Crippen molar-refractivity contribution >= 4 is 0 Å². The van der Waals surface area contributed by atoms with Crippen molar-refractivity contribution in [3.63, 3.8) is 0 Å². The normalized spacial score (nSPS) is 22.0. The van der Waals surface area contributed by atoms with Crippen molar-refractivity contribution in [2.24, 2.45) is 0 Å². The highest BCUT2D eigenvalue weighted by molar-refractivity contribution is 5.35. The van der Waals surface area contributed by atoms with Crippen molar-refractivity contribution in [2.75, 3.05) is 39.3 Å². The van der Waals surface area contributed by atoms with E-state index in [9.17, 15) is 5.11 Å². The average Bonchev–Trinajstić information content (AvgIpc) is 3.11. The quantitative estimate of drug-likeness (QED) is 0.869. The number of rotatable bonds is 6. The van der Waals surface area contributed by atoms with Gasteiger partial charge in [0, 0.05) is 12.6 Å². The van der Waals surface area contributed by atoms with E-state index in [4.69, 9.17) is 4.74 Å². The predicted octanol–water partition coefficient (Wildman–Crippen LogP) is 2.60. The van der Waals surface area contributed by atoms with Crippen LogP contribution in [0.25, 0.3) is 0 Å². The standard InChI is InChI=1S/C20H32N2O2/c1-16-5-6-17(2)20(13-16)24-15-19(23)14-21-11-7-18(8-12-21)22-9-3-4-10-22/h5-6,13,18-19,23H,3-4,7-12,14-15H2,1-2H3. The number of likely N-dealkylation sites (tertiary alicyclic amines) is 2. The van der Waals surface area contributed by atoms with Crippen LogP contribution >= 0.6 is 0 Å². The molecule has 134 valence electrons. The van der Waals surface area contributed by atoms with Crippen LogP contribution in [0.5, 0.6) is 5.75 Å². The molecule has 0 spiro atoms. The van der Waals surface area contributed by atoms with Crippen molar-refractivity contribution in [3.8, 4) is 5.75 Å². The van der Waals surface area contributed by atoms with Gasteiger partial charge in [-0.1, -0.05) is 12.1 Å². The highest BCUT2D eigenvalue weighted by Gasteiger charge is 2.27. The number of ether oxygens (including phenoxy) is 1. The molecule has 0 radical (unpaired) electrons. The van der Waals surface area contributed by atoms with Gasteiger partial charge in [-0.2, -0.15) is 0 Å². The Balaban J connectivity index is 1.39. The number of hydrogen-bond donors (Lipinski definition) is 1. The first-order valence-corrected chi connectivity index (χ1v) is 9.46. The van der Waals surface area contributed by atoms with Gasteiger partial charge in [0.25, 0.3) is 0 Å². The number of piperidine rings is 1. The van der Waals surface area contributed by atoms with E-state index in [0.717, 1.165) is 37.0 Å². The van der Waals surface area contributed by atoms with Crippen LogP contribution in [-0.4, -0.2) is 66.4 Å². The van der Waals surface area contributed by atoms with Crippen molar-refractivity contribution in [1.29, 1.82) is 0 Å². The third-order valence-corrected chi connectivity index (χ3v) is 5.46. The molecule has 2 fully saturated rings. The number of benzene rings is 1. The second-order valence-electron chi connectivity index (χ2n) is 7.51. The van der Waals surface area contributed by atoms with Gasteiger partial charge in [-0.25, -0.2) is 0 Å². The molecule has 1 atom stereocenters. The highest BCUT2D eigenvalue weighted by atomic mass is 16.5. The van der Waals surface area contributed by atoms with Gasteiger partial charge in [-0.3, -0.25) is 0 Å². The maximum atomic E-state index is 10.3. The number of β-amino-alcohol motifs (C(OH)–C–C–N with tert-alkyl or cyclic N) is 1. The van der Waals surface area contributed by atoms with Crippen LogP contribution in [0.1, 0.15) is 36.8 Å². The van der Waals surface area contributed by atoms with Crippen LogP contribution in [0.15, 0.2) is 18.2 Å². The van der Waals surface area contributed by atoms with Gasteiger partial charge in [0.2, 0.25) is 0 Å². The van der Waals surface area contributed by atoms with Crippen LogP contribution in [0, 0.1) is 13.8 Å². The molecular formula is C20H32N2O2. The molecular weight excluding hydrogens is 300 g/mol. The first-order valence-electron chi connectivity index (χ1n) is 9.46. The van der Waals surface area contributed by atoms with Gasteiger partial charge in [-0.15, -0.1) is 0 Å². The lowest BCUT2D eigenvalue weighted by atomic mass is 10.0. The molecule has 2 aliphatic heterocycles. The van der Waals surface area contributed by atoms with Crippen LogP contribution in [0.3, 0.4) is 0 Å². The second kappa shape index (κ2) is 8.32. The minimum Gasteiger partial charge on any atom is -0.491 e. The average molecular weight is 332 g/mol. The SMILES string of the molecule is Cc1ccc(C)c(OCC(O)CN2CCC(N3CCCC3)CC2)c1. The van der Waals surface area contributed by atoms with Gasteiger partial charge in [0.05, 0.1) is 0 Å². The van der Waals surface area contributed by atoms with Crippen LogP contribution < -0.4 is 4.74 Å². The Bertz CT molecular complexity index is 520. The van der Waals surface area contributed by atoms with E-state index >= 15 is 0 Å². The maximum Gasteiger partial charge on any atom is 0.122 e. The van der Waals surface area contributed by atoms with Gasteiger partial charge in [-0.05, 0) is 82.9 Å². The third-order valence-electron chi connectivity index (χ3n) is 5.46. The summed E-state index contributed by atoms with van der Waals surface area (Å²) in [7, 11) is 0. The molecule has 0 saturated carbocycles. The van der Waals surface area contributed by atoms with Crippen LogP contribution in [0.4, 0.5) is 0 Å². The summed E-state index contributed by atoms with van der Waals surface area (Å²) in [5.74, 6) is 0.891. The number of aliphatic hydroxyl groups excluding tert-OH is 1. The molecule has 2 aliphatic rings. The molecule has 0 aliphatic carbocycles. The van der Waals surface area contributed by atoms with Crippen molar-refractivity contribution in [3.05, 3.63) is 29.3 Å². The van der Waals surface area contributed by atoms with E-state index in [1.165, 1.54) is 44.3 Å². The molecule has 1 N–H and O–H groups in total. The number of aryl methyl sites for hydroxylation is 2. The Morgan fingerprint density at radius 3 is 2.54 bits per heavy atom. The Kier molecular flexibility index (Phi) is 6.14. The van der Waals surface area contributed by atoms with Gasteiger partial charge in [0.15, 0.2) is 0 Å². The Morgan fingerprint density at radius 1 is 1.12 bits per heavy atom. The number of aliphatic hydroxyl groups is 1. The van der Waals surface area contributed by atoms with E-state index in [-0.39, 0.29) is 0 Å². The molecule has 2 heterocycles. The molecule has 1 aromatic carbocycles. The largest absolute Gasteiger partial charge is 0.491 e. The van der Waals surface area contributed by atoms with Gasteiger partial charge in [0.1, 0.15) is 18.5 Å². The summed E-state index contributed by atoms with van der Waals surface area (Å²) in [5, 5.41) is 10.3. The monoisotopic (exact) mass is 332 g/mol. The van der Waals surface area contributed by atoms with Crippen molar-refractivity contribution in [1.82, 2.24) is 9.80 Å². The summed E-state index contributed by atoms with van der Waals surface area (Å²) in [5.41, 5.74) is 2.31. The summed E-state index contributed by atoms with van der Waals surface area (Å²) >= 11 is 0. The fourth-order valence-electron chi connectivity index (χ4n) is 3.97. The third kappa shape index (κ3) is 4.71. The molecule has 4 nitrogen and oxygen atoms in total. The zero-order valence-corrected chi connectivity index (χ0v) is 15.2. The van der Waals surface area contributed by atoms with Crippen molar-refractivity contribution in [2.45, 2.75) is 51.7 Å². The topological polar surface area (TPSA) is 35.9 Å². The predicted molar refractivity (Wildman–Crippen MR) is 97.7 cm³/mol. The minimum absolute atomic E-state index is 0.371. The van der Waals surface area contributed by atoms with E-state index in [1.807, 2.05) is 13.0 Å². The van der Waals surface area contributed by atoms with Crippen molar-refractivity contribution < 1.29 is 9.84 Å². The highest BCUT2D eigenvalue weighted by Crippen LogP contribution is 2.22. The zero-order valence-electron chi connectivity index (χ0n) is 15.2. The van der Waals surface area contributed by atoms with E-state index in [1.54, 1.807) is 0 Å². The molecule has 1 unspecified atom stereocenters. The first-order chi connectivity index (χ1) is 11.6. The zero-order chi connectivity index (χ0) is 16.9. The first kappa shape index (κ1) is 17.7. The summed E-state index contributed by atoms with van der Waals surface area (Å²) in [6.07, 6.45) is 4.80. The molecule has 2 saturated heterocycles. The molecule has 1 aromatic rings.